The van der Waals surface area contributed by atoms with Gasteiger partial charge in [-0.15, -0.1) is 0 Å². The number of benzene rings is 2. The maximum Gasteiger partial charge on any atom is 0.408 e. The number of esters is 1. The van der Waals surface area contributed by atoms with Gasteiger partial charge in [0.2, 0.25) is 0 Å². The van der Waals surface area contributed by atoms with Crippen LogP contribution in [0.4, 0.5) is 4.79 Å². The lowest BCUT2D eigenvalue weighted by molar-refractivity contribution is -0.145. The first-order valence-electron chi connectivity index (χ1n) is 12.0. The highest BCUT2D eigenvalue weighted by molar-refractivity contribution is 5.81. The maximum absolute atomic E-state index is 12.3. The van der Waals surface area contributed by atoms with Gasteiger partial charge in [-0.05, 0) is 63.5 Å². The molecule has 2 aromatic carbocycles. The first-order valence-corrected chi connectivity index (χ1v) is 12.0. The number of hydrogen-bond acceptors (Lipinski definition) is 6. The zero-order valence-electron chi connectivity index (χ0n) is 21.4. The van der Waals surface area contributed by atoms with Crippen LogP contribution in [-0.2, 0) is 31.8 Å². The van der Waals surface area contributed by atoms with Crippen LogP contribution in [-0.4, -0.2) is 55.2 Å². The third-order valence-electron chi connectivity index (χ3n) is 5.67. The summed E-state index contributed by atoms with van der Waals surface area (Å²) in [4.78, 5) is 24.4. The SMILES string of the molecule is COC(=O)[C@H](COC[C@H](Cc1ccccc1)[C@@H](Cc1ccccc1)[C@H](C)O)NC(=O)OC(C)(C)C. The molecule has 2 N–H and O–H groups in total. The van der Waals surface area contributed by atoms with Crippen LogP contribution in [0.5, 0.6) is 0 Å². The van der Waals surface area contributed by atoms with Crippen LogP contribution in [0.2, 0.25) is 0 Å². The fraction of sp³-hybridized carbons (Fsp3) is 0.500. The van der Waals surface area contributed by atoms with Crippen LogP contribution in [0.3, 0.4) is 0 Å². The van der Waals surface area contributed by atoms with Gasteiger partial charge in [0.1, 0.15) is 5.60 Å². The van der Waals surface area contributed by atoms with Crippen molar-refractivity contribution in [3.05, 3.63) is 71.8 Å². The molecule has 0 fully saturated rings. The summed E-state index contributed by atoms with van der Waals surface area (Å²) < 4.78 is 16.1. The van der Waals surface area contributed by atoms with E-state index in [1.54, 1.807) is 27.7 Å². The molecule has 0 unspecified atom stereocenters. The predicted molar refractivity (Wildman–Crippen MR) is 135 cm³/mol. The largest absolute Gasteiger partial charge is 0.467 e. The molecular weight excluding hydrogens is 446 g/mol. The third-order valence-corrected chi connectivity index (χ3v) is 5.67. The smallest absolute Gasteiger partial charge is 0.408 e. The zero-order chi connectivity index (χ0) is 25.8. The van der Waals surface area contributed by atoms with Gasteiger partial charge >= 0.3 is 12.1 Å². The van der Waals surface area contributed by atoms with Crippen molar-refractivity contribution in [3.8, 4) is 0 Å². The summed E-state index contributed by atoms with van der Waals surface area (Å²) in [6.07, 6.45) is 0.105. The minimum atomic E-state index is -1.01. The number of carbonyl (C=O) groups excluding carboxylic acids is 2. The van der Waals surface area contributed by atoms with Gasteiger partial charge in [0.25, 0.3) is 0 Å². The molecule has 0 aliphatic heterocycles. The molecule has 0 aromatic heterocycles. The average Bonchev–Trinajstić information content (AvgIpc) is 2.80. The number of carbonyl (C=O) groups is 2. The standard InChI is InChI=1S/C28H39NO6/c1-20(30)24(17-22-14-10-7-11-15-22)23(16-21-12-8-6-9-13-21)18-34-19-25(26(31)33-5)29-27(32)35-28(2,3)4/h6-15,20,23-25,30H,16-19H2,1-5H3,(H,29,32)/t20-,23-,24-,25-/m0/s1. The van der Waals surface area contributed by atoms with Crippen LogP contribution in [0, 0.1) is 11.8 Å². The molecule has 1 amide bonds. The van der Waals surface area contributed by atoms with E-state index in [1.807, 2.05) is 48.5 Å². The molecule has 0 radical (unpaired) electrons. The molecule has 0 saturated carbocycles. The highest BCUT2D eigenvalue weighted by Crippen LogP contribution is 2.26. The van der Waals surface area contributed by atoms with Gasteiger partial charge in [0, 0.05) is 0 Å². The number of aliphatic hydroxyl groups excluding tert-OH is 1. The summed E-state index contributed by atoms with van der Waals surface area (Å²) >= 11 is 0. The molecule has 0 saturated heterocycles. The molecule has 2 aromatic rings. The normalized spacial score (nSPS) is 14.9. The van der Waals surface area contributed by atoms with E-state index < -0.39 is 29.8 Å². The van der Waals surface area contributed by atoms with Crippen molar-refractivity contribution in [2.45, 2.75) is 58.3 Å². The molecule has 7 nitrogen and oxygen atoms in total. The Labute approximate surface area is 208 Å². The quantitative estimate of drug-likeness (QED) is 0.438. The Balaban J connectivity index is 2.13. The van der Waals surface area contributed by atoms with E-state index in [1.165, 1.54) is 7.11 Å². The second kappa shape index (κ2) is 13.9. The van der Waals surface area contributed by atoms with E-state index in [2.05, 4.69) is 17.4 Å². The summed E-state index contributed by atoms with van der Waals surface area (Å²) in [7, 11) is 1.26. The molecule has 0 heterocycles. The fourth-order valence-corrected chi connectivity index (χ4v) is 3.97. The number of hydrogen-bond donors (Lipinski definition) is 2. The minimum absolute atomic E-state index is 0.0302. The van der Waals surface area contributed by atoms with Crippen molar-refractivity contribution < 1.29 is 28.9 Å². The van der Waals surface area contributed by atoms with Gasteiger partial charge in [-0.25, -0.2) is 9.59 Å². The van der Waals surface area contributed by atoms with E-state index in [9.17, 15) is 14.7 Å². The molecule has 0 spiro atoms. The van der Waals surface area contributed by atoms with Gasteiger partial charge in [0.05, 0.1) is 26.4 Å². The van der Waals surface area contributed by atoms with Crippen molar-refractivity contribution >= 4 is 12.1 Å². The lowest BCUT2D eigenvalue weighted by Crippen LogP contribution is -2.47. The van der Waals surface area contributed by atoms with Crippen LogP contribution >= 0.6 is 0 Å². The first kappa shape index (κ1) is 28.3. The zero-order valence-corrected chi connectivity index (χ0v) is 21.4. The molecule has 192 valence electrons. The lowest BCUT2D eigenvalue weighted by atomic mass is 9.80. The highest BCUT2D eigenvalue weighted by Gasteiger charge is 2.29. The van der Waals surface area contributed by atoms with Gasteiger partial charge in [0.15, 0.2) is 6.04 Å². The monoisotopic (exact) mass is 485 g/mol. The molecule has 2 rings (SSSR count). The second-order valence-electron chi connectivity index (χ2n) is 9.80. The second-order valence-corrected chi connectivity index (χ2v) is 9.80. The Morgan fingerprint density at radius 3 is 1.94 bits per heavy atom. The number of alkyl carbamates (subject to hydrolysis) is 1. The Bertz CT molecular complexity index is 895. The number of nitrogens with one attached hydrogen (secondary N) is 1. The van der Waals surface area contributed by atoms with Crippen molar-refractivity contribution in [2.24, 2.45) is 11.8 Å². The average molecular weight is 486 g/mol. The summed E-state index contributed by atoms with van der Waals surface area (Å²) in [6, 6.07) is 19.1. The van der Waals surface area contributed by atoms with Crippen molar-refractivity contribution in [3.63, 3.8) is 0 Å². The van der Waals surface area contributed by atoms with E-state index in [0.29, 0.717) is 19.4 Å². The van der Waals surface area contributed by atoms with Crippen molar-refractivity contribution in [1.82, 2.24) is 5.32 Å². The van der Waals surface area contributed by atoms with E-state index in [4.69, 9.17) is 14.2 Å². The molecule has 0 aliphatic rings. The highest BCUT2D eigenvalue weighted by atomic mass is 16.6. The Morgan fingerprint density at radius 2 is 1.46 bits per heavy atom. The van der Waals surface area contributed by atoms with E-state index in [0.717, 1.165) is 11.1 Å². The van der Waals surface area contributed by atoms with Crippen LogP contribution in [0.25, 0.3) is 0 Å². The molecule has 35 heavy (non-hydrogen) atoms. The summed E-state index contributed by atoms with van der Waals surface area (Å²) in [6.45, 7) is 7.25. The summed E-state index contributed by atoms with van der Waals surface area (Å²) in [5, 5.41) is 13.2. The predicted octanol–water partition coefficient (Wildman–Crippen LogP) is 4.17. The molecule has 4 atom stereocenters. The summed E-state index contributed by atoms with van der Waals surface area (Å²) in [5.41, 5.74) is 1.57. The number of methoxy groups -OCH3 is 1. The topological polar surface area (TPSA) is 94.1 Å². The van der Waals surface area contributed by atoms with Gasteiger partial charge in [-0.1, -0.05) is 60.7 Å². The Kier molecular flexibility index (Phi) is 11.2. The van der Waals surface area contributed by atoms with Gasteiger partial charge < -0.3 is 24.6 Å². The van der Waals surface area contributed by atoms with Gasteiger partial charge in [-0.3, -0.25) is 0 Å². The molecule has 0 bridgehead atoms. The van der Waals surface area contributed by atoms with Crippen molar-refractivity contribution in [1.29, 1.82) is 0 Å². The number of aliphatic hydroxyl groups is 1. The summed E-state index contributed by atoms with van der Waals surface area (Å²) in [5.74, 6) is -0.725. The van der Waals surface area contributed by atoms with Crippen LogP contribution in [0.15, 0.2) is 60.7 Å². The minimum Gasteiger partial charge on any atom is -0.467 e. The first-order chi connectivity index (χ1) is 16.6. The van der Waals surface area contributed by atoms with Gasteiger partial charge in [-0.2, -0.15) is 0 Å². The van der Waals surface area contributed by atoms with Crippen LogP contribution in [0.1, 0.15) is 38.8 Å². The number of rotatable bonds is 12. The van der Waals surface area contributed by atoms with Crippen LogP contribution < -0.4 is 5.32 Å². The Morgan fingerprint density at radius 1 is 0.914 bits per heavy atom. The number of ether oxygens (including phenoxy) is 3. The molecular formula is C28H39NO6. The lowest BCUT2D eigenvalue weighted by Gasteiger charge is -2.30. The molecule has 0 aliphatic carbocycles. The van der Waals surface area contributed by atoms with E-state index >= 15 is 0 Å². The van der Waals surface area contributed by atoms with Crippen molar-refractivity contribution in [2.75, 3.05) is 20.3 Å². The fourth-order valence-electron chi connectivity index (χ4n) is 3.97. The molecule has 7 heteroatoms. The number of amides is 1. The Hall–Kier alpha value is -2.90. The third kappa shape index (κ3) is 10.5. The maximum atomic E-state index is 12.3. The van der Waals surface area contributed by atoms with E-state index in [-0.39, 0.29) is 18.4 Å².